The van der Waals surface area contributed by atoms with E-state index in [2.05, 4.69) is 29.9 Å². The molecule has 13 heavy (non-hydrogen) atoms. The predicted molar refractivity (Wildman–Crippen MR) is 60.5 cm³/mol. The van der Waals surface area contributed by atoms with E-state index in [4.69, 9.17) is 0 Å². The maximum absolute atomic E-state index is 4.25. The van der Waals surface area contributed by atoms with Crippen LogP contribution in [0.3, 0.4) is 0 Å². The Balaban J connectivity index is 0.000000671. The maximum Gasteiger partial charge on any atom is 0.125 e. The van der Waals surface area contributed by atoms with Gasteiger partial charge in [0.1, 0.15) is 5.84 Å². The highest BCUT2D eigenvalue weighted by molar-refractivity contribution is 5.91. The first-order chi connectivity index (χ1) is 5.99. The number of nitrogens with zero attached hydrogens (tertiary/aromatic N) is 2. The van der Waals surface area contributed by atoms with Crippen LogP contribution in [-0.4, -0.2) is 12.1 Å². The van der Waals surface area contributed by atoms with Crippen molar-refractivity contribution in [3.8, 4) is 0 Å². The van der Waals surface area contributed by atoms with Gasteiger partial charge in [-0.3, -0.25) is 0 Å². The van der Waals surface area contributed by atoms with E-state index >= 15 is 0 Å². The molecule has 0 saturated heterocycles. The van der Waals surface area contributed by atoms with Gasteiger partial charge in [0.05, 0.1) is 0 Å². The topological polar surface area (TPSA) is 24.7 Å². The average molecular weight is 180 g/mol. The lowest BCUT2D eigenvalue weighted by Crippen LogP contribution is -2.08. The van der Waals surface area contributed by atoms with Crippen molar-refractivity contribution in [3.63, 3.8) is 0 Å². The van der Waals surface area contributed by atoms with Crippen molar-refractivity contribution in [2.24, 2.45) is 15.4 Å². The third kappa shape index (κ3) is 4.61. The smallest absolute Gasteiger partial charge is 0.125 e. The summed E-state index contributed by atoms with van der Waals surface area (Å²) in [5.74, 6) is 0.837. The lowest BCUT2D eigenvalue weighted by atomic mass is 9.94. The van der Waals surface area contributed by atoms with Gasteiger partial charge in [-0.2, -0.15) is 0 Å². The minimum Gasteiger partial charge on any atom is -0.245 e. The van der Waals surface area contributed by atoms with Gasteiger partial charge >= 0.3 is 0 Å². The highest BCUT2D eigenvalue weighted by Gasteiger charge is 2.13. The fraction of sp³-hybridized carbons (Fsp3) is 0.636. The molecule has 0 N–H and O–H groups in total. The molecule has 0 saturated carbocycles. The van der Waals surface area contributed by atoms with Gasteiger partial charge in [-0.1, -0.05) is 33.8 Å². The molecule has 1 rings (SSSR count). The standard InChI is InChI=1S/C9H14N2.C2H6/c1-7-5-9(3,4)6-10-8(2)11-7;1-2/h5-6H,1-4H3;1-2H3. The van der Waals surface area contributed by atoms with Crippen LogP contribution < -0.4 is 0 Å². The van der Waals surface area contributed by atoms with Gasteiger partial charge in [0, 0.05) is 17.3 Å². The van der Waals surface area contributed by atoms with E-state index in [0.29, 0.717) is 0 Å². The molecule has 0 aromatic heterocycles. The van der Waals surface area contributed by atoms with Gasteiger partial charge in [0.15, 0.2) is 0 Å². The van der Waals surface area contributed by atoms with Crippen molar-refractivity contribution in [2.75, 3.05) is 0 Å². The van der Waals surface area contributed by atoms with Crippen molar-refractivity contribution in [1.82, 2.24) is 0 Å². The highest BCUT2D eigenvalue weighted by atomic mass is 14.9. The number of amidine groups is 1. The predicted octanol–water partition coefficient (Wildman–Crippen LogP) is 3.45. The Kier molecular flexibility index (Phi) is 4.60. The second kappa shape index (κ2) is 4.95. The van der Waals surface area contributed by atoms with Crippen LogP contribution in [0, 0.1) is 5.41 Å². The molecule has 0 amide bonds. The molecule has 0 fully saturated rings. The summed E-state index contributed by atoms with van der Waals surface area (Å²) in [6, 6.07) is 0. The molecule has 0 bridgehead atoms. The number of allylic oxidation sites excluding steroid dienone is 2. The van der Waals surface area contributed by atoms with Crippen LogP contribution in [0.5, 0.6) is 0 Å². The zero-order chi connectivity index (χ0) is 10.5. The van der Waals surface area contributed by atoms with Crippen LogP contribution in [0.25, 0.3) is 0 Å². The largest absolute Gasteiger partial charge is 0.245 e. The average Bonchev–Trinajstić information content (AvgIpc) is 2.13. The van der Waals surface area contributed by atoms with Gasteiger partial charge in [0.2, 0.25) is 0 Å². The molecule has 0 atom stereocenters. The van der Waals surface area contributed by atoms with E-state index in [1.165, 1.54) is 0 Å². The summed E-state index contributed by atoms with van der Waals surface area (Å²) in [6.07, 6.45) is 4.05. The van der Waals surface area contributed by atoms with Crippen LogP contribution in [0.15, 0.2) is 21.8 Å². The first-order valence-corrected chi connectivity index (χ1v) is 4.80. The van der Waals surface area contributed by atoms with Gasteiger partial charge in [-0.15, -0.1) is 0 Å². The molecule has 0 aromatic rings. The van der Waals surface area contributed by atoms with E-state index in [0.717, 1.165) is 11.5 Å². The number of aliphatic imine (C=N–C) groups is 2. The molecular weight excluding hydrogens is 160 g/mol. The molecule has 2 nitrogen and oxygen atoms in total. The van der Waals surface area contributed by atoms with Crippen molar-refractivity contribution in [3.05, 3.63) is 11.8 Å². The third-order valence-corrected chi connectivity index (χ3v) is 1.50. The molecule has 0 unspecified atom stereocenters. The molecule has 0 spiro atoms. The van der Waals surface area contributed by atoms with Gasteiger partial charge in [-0.25, -0.2) is 9.98 Å². The zero-order valence-corrected chi connectivity index (χ0v) is 9.55. The summed E-state index contributed by atoms with van der Waals surface area (Å²) in [5.41, 5.74) is 1.09. The number of hydrogen-bond donors (Lipinski definition) is 0. The lowest BCUT2D eigenvalue weighted by molar-refractivity contribution is 0.689. The SMILES string of the molecule is CC.CC1=CC(C)(C)C=NC(C)=N1. The van der Waals surface area contributed by atoms with Crippen molar-refractivity contribution in [1.29, 1.82) is 0 Å². The second-order valence-corrected chi connectivity index (χ2v) is 3.52. The van der Waals surface area contributed by atoms with Crippen LogP contribution in [-0.2, 0) is 0 Å². The Morgan fingerprint density at radius 3 is 2.23 bits per heavy atom. The Labute approximate surface area is 81.5 Å². The second-order valence-electron chi connectivity index (χ2n) is 3.52. The minimum atomic E-state index is 0.0470. The molecular formula is C11H20N2. The molecule has 1 heterocycles. The summed E-state index contributed by atoms with van der Waals surface area (Å²) in [7, 11) is 0. The third-order valence-electron chi connectivity index (χ3n) is 1.50. The van der Waals surface area contributed by atoms with E-state index < -0.39 is 0 Å². The Bertz CT molecular complexity index is 245. The number of hydrogen-bond acceptors (Lipinski definition) is 2. The molecule has 1 aliphatic heterocycles. The Morgan fingerprint density at radius 2 is 1.69 bits per heavy atom. The fourth-order valence-corrected chi connectivity index (χ4v) is 1.15. The Hall–Kier alpha value is -0.920. The molecule has 0 aromatic carbocycles. The van der Waals surface area contributed by atoms with Crippen LogP contribution in [0.4, 0.5) is 0 Å². The lowest BCUT2D eigenvalue weighted by Gasteiger charge is -2.11. The van der Waals surface area contributed by atoms with Crippen molar-refractivity contribution < 1.29 is 0 Å². The van der Waals surface area contributed by atoms with Gasteiger partial charge in [0.25, 0.3) is 0 Å². The fourth-order valence-electron chi connectivity index (χ4n) is 1.15. The maximum atomic E-state index is 4.25. The van der Waals surface area contributed by atoms with Crippen LogP contribution in [0.2, 0.25) is 0 Å². The molecule has 0 aliphatic carbocycles. The quantitative estimate of drug-likeness (QED) is 0.545. The van der Waals surface area contributed by atoms with Gasteiger partial charge in [-0.05, 0) is 13.8 Å². The zero-order valence-electron chi connectivity index (χ0n) is 9.55. The molecule has 1 aliphatic rings. The molecule has 74 valence electrons. The van der Waals surface area contributed by atoms with E-state index in [1.807, 2.05) is 33.9 Å². The van der Waals surface area contributed by atoms with Crippen molar-refractivity contribution >= 4 is 12.1 Å². The monoisotopic (exact) mass is 180 g/mol. The van der Waals surface area contributed by atoms with Gasteiger partial charge < -0.3 is 0 Å². The summed E-state index contributed by atoms with van der Waals surface area (Å²) >= 11 is 0. The van der Waals surface area contributed by atoms with E-state index in [1.54, 1.807) is 0 Å². The van der Waals surface area contributed by atoms with Crippen LogP contribution >= 0.6 is 0 Å². The summed E-state index contributed by atoms with van der Waals surface area (Å²) in [4.78, 5) is 8.45. The first kappa shape index (κ1) is 12.1. The highest BCUT2D eigenvalue weighted by Crippen LogP contribution is 2.19. The summed E-state index contributed by atoms with van der Waals surface area (Å²) in [6.45, 7) is 12.2. The van der Waals surface area contributed by atoms with Crippen molar-refractivity contribution in [2.45, 2.75) is 41.5 Å². The number of rotatable bonds is 0. The summed E-state index contributed by atoms with van der Waals surface area (Å²) < 4.78 is 0. The van der Waals surface area contributed by atoms with Crippen LogP contribution in [0.1, 0.15) is 41.5 Å². The minimum absolute atomic E-state index is 0.0470. The molecule has 2 heteroatoms. The Morgan fingerprint density at radius 1 is 1.15 bits per heavy atom. The normalized spacial score (nSPS) is 19.2. The van der Waals surface area contributed by atoms with E-state index in [9.17, 15) is 0 Å². The first-order valence-electron chi connectivity index (χ1n) is 4.80. The van der Waals surface area contributed by atoms with E-state index in [-0.39, 0.29) is 5.41 Å². The molecule has 0 radical (unpaired) electrons. The summed E-state index contributed by atoms with van der Waals surface area (Å²) in [5, 5.41) is 0.